The Kier molecular flexibility index (Phi) is 2.06. The summed E-state index contributed by atoms with van der Waals surface area (Å²) in [5.74, 6) is 0. The summed E-state index contributed by atoms with van der Waals surface area (Å²) >= 11 is 0. The quantitative estimate of drug-likeness (QED) is 0.572. The fourth-order valence-corrected chi connectivity index (χ4v) is 2.29. The lowest BCUT2D eigenvalue weighted by Gasteiger charge is -2.15. The fourth-order valence-electron chi connectivity index (χ4n) is 2.29. The van der Waals surface area contributed by atoms with E-state index in [0.717, 1.165) is 0 Å². The van der Waals surface area contributed by atoms with Gasteiger partial charge in [-0.15, -0.1) is 0 Å². The van der Waals surface area contributed by atoms with Gasteiger partial charge in [-0.3, -0.25) is 0 Å². The zero-order chi connectivity index (χ0) is 12.0. The van der Waals surface area contributed by atoms with E-state index in [1.54, 1.807) is 0 Å². The molecule has 0 aliphatic rings. The van der Waals surface area contributed by atoms with E-state index in [0.29, 0.717) is 0 Å². The van der Waals surface area contributed by atoms with E-state index >= 15 is 0 Å². The lowest BCUT2D eigenvalue weighted by molar-refractivity contribution is 0.574. The predicted molar refractivity (Wildman–Crippen MR) is 74.5 cm³/mol. The summed E-state index contributed by atoms with van der Waals surface area (Å²) in [5, 5.41) is 3.96. The Hall–Kier alpha value is -1.76. The van der Waals surface area contributed by atoms with Crippen molar-refractivity contribution in [2.24, 2.45) is 0 Å². The number of aromatic nitrogens is 1. The zero-order valence-corrected chi connectivity index (χ0v) is 10.5. The number of nitrogens with one attached hydrogen (secondary N) is 1. The molecule has 3 aromatic rings. The molecular formula is C16H17N. The average molecular weight is 223 g/mol. The van der Waals surface area contributed by atoms with E-state index in [-0.39, 0.29) is 5.41 Å². The molecular weight excluding hydrogens is 206 g/mol. The molecule has 0 bridgehead atoms. The molecule has 0 aliphatic carbocycles. The standard InChI is InChI=1S/C16H17N/c1-16(2,3)15-10-13-12-7-5-4-6-11(12)8-9-14(13)17-15/h4-10,17H,1-3H3. The van der Waals surface area contributed by atoms with Crippen LogP contribution in [-0.2, 0) is 5.41 Å². The third-order valence-electron chi connectivity index (χ3n) is 3.34. The Balaban J connectivity index is 2.39. The second-order valence-corrected chi connectivity index (χ2v) is 5.68. The number of hydrogen-bond acceptors (Lipinski definition) is 0. The van der Waals surface area contributed by atoms with Crippen molar-refractivity contribution in [3.8, 4) is 0 Å². The van der Waals surface area contributed by atoms with Crippen LogP contribution in [-0.4, -0.2) is 4.98 Å². The molecule has 0 fully saturated rings. The number of H-pyrrole nitrogens is 1. The van der Waals surface area contributed by atoms with Crippen LogP contribution in [0.1, 0.15) is 26.5 Å². The first-order chi connectivity index (χ1) is 8.05. The van der Waals surface area contributed by atoms with Crippen molar-refractivity contribution < 1.29 is 0 Å². The third kappa shape index (κ3) is 1.62. The molecule has 1 heterocycles. The number of fused-ring (bicyclic) bond motifs is 3. The molecule has 0 atom stereocenters. The smallest absolute Gasteiger partial charge is 0.0462 e. The summed E-state index contributed by atoms with van der Waals surface area (Å²) in [5.41, 5.74) is 2.69. The molecule has 1 nitrogen and oxygen atoms in total. The minimum absolute atomic E-state index is 0.167. The maximum atomic E-state index is 3.53. The summed E-state index contributed by atoms with van der Waals surface area (Å²) in [7, 11) is 0. The first-order valence-corrected chi connectivity index (χ1v) is 6.07. The number of benzene rings is 2. The minimum atomic E-state index is 0.167. The van der Waals surface area contributed by atoms with E-state index < -0.39 is 0 Å². The van der Waals surface area contributed by atoms with Crippen molar-refractivity contribution >= 4 is 21.7 Å². The van der Waals surface area contributed by atoms with Crippen LogP contribution in [0.15, 0.2) is 42.5 Å². The monoisotopic (exact) mass is 223 g/mol. The molecule has 86 valence electrons. The highest BCUT2D eigenvalue weighted by Crippen LogP contribution is 2.30. The SMILES string of the molecule is CC(C)(C)c1cc2c(ccc3ccccc32)[nH]1. The summed E-state index contributed by atoms with van der Waals surface area (Å²) in [6.07, 6.45) is 0. The molecule has 1 aromatic heterocycles. The van der Waals surface area contributed by atoms with E-state index in [2.05, 4.69) is 68.2 Å². The molecule has 0 radical (unpaired) electrons. The van der Waals surface area contributed by atoms with Crippen LogP contribution in [0.4, 0.5) is 0 Å². The van der Waals surface area contributed by atoms with Crippen molar-refractivity contribution in [1.82, 2.24) is 4.98 Å². The molecule has 0 saturated heterocycles. The molecule has 0 saturated carbocycles. The lowest BCUT2D eigenvalue weighted by Crippen LogP contribution is -2.10. The first kappa shape index (κ1) is 10.4. The second-order valence-electron chi connectivity index (χ2n) is 5.68. The molecule has 0 amide bonds. The highest BCUT2D eigenvalue weighted by molar-refractivity contribution is 6.06. The van der Waals surface area contributed by atoms with Crippen LogP contribution in [0.25, 0.3) is 21.7 Å². The number of aromatic amines is 1. The third-order valence-corrected chi connectivity index (χ3v) is 3.34. The van der Waals surface area contributed by atoms with Crippen LogP contribution in [0.3, 0.4) is 0 Å². The molecule has 0 spiro atoms. The van der Waals surface area contributed by atoms with Gasteiger partial charge in [0.25, 0.3) is 0 Å². The highest BCUT2D eigenvalue weighted by atomic mass is 14.7. The Morgan fingerprint density at radius 3 is 2.41 bits per heavy atom. The molecule has 1 heteroatoms. The maximum Gasteiger partial charge on any atom is 0.0462 e. The van der Waals surface area contributed by atoms with Crippen molar-refractivity contribution in [3.63, 3.8) is 0 Å². The van der Waals surface area contributed by atoms with Gasteiger partial charge in [-0.1, -0.05) is 51.1 Å². The van der Waals surface area contributed by atoms with Gasteiger partial charge in [0, 0.05) is 22.0 Å². The Morgan fingerprint density at radius 1 is 0.882 bits per heavy atom. The van der Waals surface area contributed by atoms with Gasteiger partial charge in [0.05, 0.1) is 0 Å². The van der Waals surface area contributed by atoms with Gasteiger partial charge in [-0.2, -0.15) is 0 Å². The van der Waals surface area contributed by atoms with Gasteiger partial charge < -0.3 is 4.98 Å². The van der Waals surface area contributed by atoms with Gasteiger partial charge in [-0.05, 0) is 22.9 Å². The van der Waals surface area contributed by atoms with E-state index in [1.165, 1.54) is 27.4 Å². The van der Waals surface area contributed by atoms with Crippen LogP contribution >= 0.6 is 0 Å². The predicted octanol–water partition coefficient (Wildman–Crippen LogP) is 4.62. The molecule has 1 N–H and O–H groups in total. The van der Waals surface area contributed by atoms with E-state index in [4.69, 9.17) is 0 Å². The molecule has 17 heavy (non-hydrogen) atoms. The van der Waals surface area contributed by atoms with Crippen molar-refractivity contribution in [1.29, 1.82) is 0 Å². The second kappa shape index (κ2) is 3.36. The van der Waals surface area contributed by atoms with Crippen LogP contribution < -0.4 is 0 Å². The normalized spacial score (nSPS) is 12.4. The first-order valence-electron chi connectivity index (χ1n) is 6.07. The van der Waals surface area contributed by atoms with Gasteiger partial charge >= 0.3 is 0 Å². The van der Waals surface area contributed by atoms with Gasteiger partial charge in [0.2, 0.25) is 0 Å². The van der Waals surface area contributed by atoms with Gasteiger partial charge in [0.1, 0.15) is 0 Å². The topological polar surface area (TPSA) is 15.8 Å². The molecule has 3 rings (SSSR count). The fraction of sp³-hybridized carbons (Fsp3) is 0.250. The van der Waals surface area contributed by atoms with Crippen molar-refractivity contribution in [2.75, 3.05) is 0 Å². The highest BCUT2D eigenvalue weighted by Gasteiger charge is 2.16. The average Bonchev–Trinajstić information content (AvgIpc) is 2.72. The summed E-state index contributed by atoms with van der Waals surface area (Å²) in [6.45, 7) is 6.71. The summed E-state index contributed by atoms with van der Waals surface area (Å²) in [4.78, 5) is 3.53. The van der Waals surface area contributed by atoms with Crippen molar-refractivity contribution in [2.45, 2.75) is 26.2 Å². The maximum absolute atomic E-state index is 3.53. The van der Waals surface area contributed by atoms with E-state index in [1.807, 2.05) is 0 Å². The van der Waals surface area contributed by atoms with Crippen LogP contribution in [0.2, 0.25) is 0 Å². The van der Waals surface area contributed by atoms with Gasteiger partial charge in [-0.25, -0.2) is 0 Å². The van der Waals surface area contributed by atoms with Gasteiger partial charge in [0.15, 0.2) is 0 Å². The van der Waals surface area contributed by atoms with Crippen molar-refractivity contribution in [3.05, 3.63) is 48.2 Å². The number of rotatable bonds is 0. The molecule has 0 unspecified atom stereocenters. The molecule has 2 aromatic carbocycles. The lowest BCUT2D eigenvalue weighted by atomic mass is 9.92. The number of hydrogen-bond donors (Lipinski definition) is 1. The summed E-state index contributed by atoms with van der Waals surface area (Å²) < 4.78 is 0. The van der Waals surface area contributed by atoms with E-state index in [9.17, 15) is 0 Å². The molecule has 0 aliphatic heterocycles. The Labute approximate surface area is 101 Å². The summed E-state index contributed by atoms with van der Waals surface area (Å²) in [6, 6.07) is 15.2. The Bertz CT molecular complexity index is 683. The largest absolute Gasteiger partial charge is 0.358 e. The van der Waals surface area contributed by atoms with Crippen LogP contribution in [0, 0.1) is 0 Å². The minimum Gasteiger partial charge on any atom is -0.358 e. The van der Waals surface area contributed by atoms with Crippen LogP contribution in [0.5, 0.6) is 0 Å². The Morgan fingerprint density at radius 2 is 1.65 bits per heavy atom. The zero-order valence-electron chi connectivity index (χ0n) is 10.5.